The summed E-state index contributed by atoms with van der Waals surface area (Å²) in [6, 6.07) is 12.5. The highest BCUT2D eigenvalue weighted by molar-refractivity contribution is 7.93. The van der Waals surface area contributed by atoms with Crippen LogP contribution in [-0.2, 0) is 26.2 Å². The van der Waals surface area contributed by atoms with E-state index in [9.17, 15) is 21.6 Å². The third-order valence-electron chi connectivity index (χ3n) is 5.10. The van der Waals surface area contributed by atoms with Crippen LogP contribution in [0.25, 0.3) is 0 Å². The molecule has 0 N–H and O–H groups in total. The van der Waals surface area contributed by atoms with Gasteiger partial charge in [-0.05, 0) is 29.7 Å². The minimum absolute atomic E-state index is 0.0148. The van der Waals surface area contributed by atoms with Gasteiger partial charge in [0, 0.05) is 5.56 Å². The lowest BCUT2D eigenvalue weighted by Gasteiger charge is -2.09. The number of fused-ring (bicyclic) bond motifs is 1. The lowest BCUT2D eigenvalue weighted by molar-refractivity contribution is 0.0982. The Labute approximate surface area is 174 Å². The standard InChI is InChI=1S/C20H19N3O5S2/c1-13(2)15-9-6-10-16-19(15)20(24)17(30(16,27)28)11-23-12-18(21-22-23)29(25,26)14-7-4-3-5-8-14/h3-10,12-13,17H,11H2,1-2H3. The van der Waals surface area contributed by atoms with E-state index < -0.39 is 30.7 Å². The summed E-state index contributed by atoms with van der Waals surface area (Å²) in [5, 5.41) is 5.77. The predicted molar refractivity (Wildman–Crippen MR) is 108 cm³/mol. The molecule has 0 radical (unpaired) electrons. The van der Waals surface area contributed by atoms with Crippen molar-refractivity contribution in [3.63, 3.8) is 0 Å². The zero-order valence-corrected chi connectivity index (χ0v) is 17.9. The zero-order valence-electron chi connectivity index (χ0n) is 16.3. The van der Waals surface area contributed by atoms with Gasteiger partial charge in [-0.3, -0.25) is 4.79 Å². The Kier molecular flexibility index (Phi) is 4.86. The van der Waals surface area contributed by atoms with Crippen LogP contribution >= 0.6 is 0 Å². The zero-order chi connectivity index (χ0) is 21.7. The average Bonchev–Trinajstić information content (AvgIpc) is 3.27. The lowest BCUT2D eigenvalue weighted by Crippen LogP contribution is -2.28. The van der Waals surface area contributed by atoms with Crippen LogP contribution in [0.5, 0.6) is 0 Å². The number of rotatable bonds is 5. The number of carbonyl (C=O) groups is 1. The topological polar surface area (TPSA) is 116 Å². The maximum absolute atomic E-state index is 13.0. The maximum Gasteiger partial charge on any atom is 0.227 e. The van der Waals surface area contributed by atoms with E-state index in [1.54, 1.807) is 30.3 Å². The number of benzene rings is 2. The molecule has 30 heavy (non-hydrogen) atoms. The van der Waals surface area contributed by atoms with Crippen molar-refractivity contribution >= 4 is 25.5 Å². The summed E-state index contributed by atoms with van der Waals surface area (Å²) in [6.45, 7) is 3.46. The number of nitrogens with zero attached hydrogens (tertiary/aromatic N) is 3. The summed E-state index contributed by atoms with van der Waals surface area (Å²) in [4.78, 5) is 13.1. The molecule has 0 bridgehead atoms. The summed E-state index contributed by atoms with van der Waals surface area (Å²) in [5.41, 5.74) is 0.893. The van der Waals surface area contributed by atoms with Gasteiger partial charge < -0.3 is 0 Å². The fourth-order valence-electron chi connectivity index (χ4n) is 3.55. The molecule has 0 fully saturated rings. The summed E-state index contributed by atoms with van der Waals surface area (Å²) in [5.74, 6) is -0.524. The molecule has 1 aliphatic rings. The van der Waals surface area contributed by atoms with E-state index in [4.69, 9.17) is 0 Å². The van der Waals surface area contributed by atoms with Crippen LogP contribution in [0.2, 0.25) is 0 Å². The van der Waals surface area contributed by atoms with Gasteiger partial charge in [-0.1, -0.05) is 49.4 Å². The quantitative estimate of drug-likeness (QED) is 0.591. The van der Waals surface area contributed by atoms with Crippen molar-refractivity contribution < 1.29 is 21.6 Å². The van der Waals surface area contributed by atoms with Crippen molar-refractivity contribution in [2.24, 2.45) is 0 Å². The van der Waals surface area contributed by atoms with Crippen LogP contribution in [0.1, 0.15) is 35.7 Å². The van der Waals surface area contributed by atoms with E-state index in [0.717, 1.165) is 10.9 Å². The van der Waals surface area contributed by atoms with E-state index in [2.05, 4.69) is 10.3 Å². The molecule has 3 aromatic rings. The summed E-state index contributed by atoms with van der Waals surface area (Å²) in [6.07, 6.45) is 1.15. The molecular weight excluding hydrogens is 426 g/mol. The first-order valence-corrected chi connectivity index (χ1v) is 12.3. The number of hydrogen-bond donors (Lipinski definition) is 0. The monoisotopic (exact) mass is 445 g/mol. The Morgan fingerprint density at radius 3 is 2.43 bits per heavy atom. The normalized spacial score (nSPS) is 18.0. The van der Waals surface area contributed by atoms with Crippen LogP contribution in [0, 0.1) is 0 Å². The van der Waals surface area contributed by atoms with Crippen molar-refractivity contribution in [3.05, 3.63) is 65.9 Å². The van der Waals surface area contributed by atoms with Gasteiger partial charge in [0.05, 0.1) is 22.5 Å². The van der Waals surface area contributed by atoms with Crippen molar-refractivity contribution in [2.45, 2.75) is 46.4 Å². The van der Waals surface area contributed by atoms with Crippen molar-refractivity contribution in [1.82, 2.24) is 15.0 Å². The van der Waals surface area contributed by atoms with Gasteiger partial charge in [-0.15, -0.1) is 5.10 Å². The summed E-state index contributed by atoms with van der Waals surface area (Å²) in [7, 11) is -7.81. The lowest BCUT2D eigenvalue weighted by atomic mass is 9.94. The van der Waals surface area contributed by atoms with Crippen LogP contribution in [0.15, 0.2) is 69.5 Å². The molecule has 156 valence electrons. The summed E-state index contributed by atoms with van der Waals surface area (Å²) >= 11 is 0. The molecule has 0 spiro atoms. The average molecular weight is 446 g/mol. The first kappa shape index (κ1) is 20.4. The van der Waals surface area contributed by atoms with E-state index in [0.29, 0.717) is 5.56 Å². The van der Waals surface area contributed by atoms with E-state index in [-0.39, 0.29) is 32.8 Å². The molecule has 1 unspecified atom stereocenters. The van der Waals surface area contributed by atoms with E-state index in [1.807, 2.05) is 13.8 Å². The maximum atomic E-state index is 13.0. The van der Waals surface area contributed by atoms with Gasteiger partial charge in [-0.25, -0.2) is 21.5 Å². The molecule has 1 aromatic heterocycles. The molecule has 10 heteroatoms. The Morgan fingerprint density at radius 1 is 1.07 bits per heavy atom. The molecule has 2 aromatic carbocycles. The first-order valence-electron chi connectivity index (χ1n) is 9.25. The largest absolute Gasteiger partial charge is 0.293 e. The predicted octanol–water partition coefficient (Wildman–Crippen LogP) is 2.27. The van der Waals surface area contributed by atoms with Gasteiger partial charge in [-0.2, -0.15) is 0 Å². The SMILES string of the molecule is CC(C)c1cccc2c1C(=O)C(Cn1cc(S(=O)(=O)c3ccccc3)nn1)S2(=O)=O. The van der Waals surface area contributed by atoms with Gasteiger partial charge in [0.15, 0.2) is 15.6 Å². The van der Waals surface area contributed by atoms with Gasteiger partial charge in [0.2, 0.25) is 14.9 Å². The smallest absolute Gasteiger partial charge is 0.227 e. The molecule has 4 rings (SSSR count). The van der Waals surface area contributed by atoms with Gasteiger partial charge >= 0.3 is 0 Å². The highest BCUT2D eigenvalue weighted by atomic mass is 32.2. The van der Waals surface area contributed by atoms with Crippen LogP contribution in [-0.4, -0.2) is 42.9 Å². The molecule has 1 atom stereocenters. The number of Topliss-reactive ketones (excluding diaryl/α,β-unsaturated/α-hetero) is 1. The fourth-order valence-corrected chi connectivity index (χ4v) is 6.54. The number of carbonyl (C=O) groups excluding carboxylic acids is 1. The van der Waals surface area contributed by atoms with Gasteiger partial charge in [0.25, 0.3) is 0 Å². The molecule has 0 aliphatic carbocycles. The van der Waals surface area contributed by atoms with Gasteiger partial charge in [0.1, 0.15) is 5.25 Å². The van der Waals surface area contributed by atoms with Crippen molar-refractivity contribution in [3.8, 4) is 0 Å². The molecule has 1 aliphatic heterocycles. The number of sulfone groups is 2. The summed E-state index contributed by atoms with van der Waals surface area (Å²) < 4.78 is 52.4. The van der Waals surface area contributed by atoms with Crippen LogP contribution < -0.4 is 0 Å². The molecule has 0 saturated heterocycles. The van der Waals surface area contributed by atoms with Crippen LogP contribution in [0.3, 0.4) is 0 Å². The van der Waals surface area contributed by atoms with Crippen LogP contribution in [0.4, 0.5) is 0 Å². The third kappa shape index (κ3) is 3.16. The highest BCUT2D eigenvalue weighted by Crippen LogP contribution is 2.36. The third-order valence-corrected chi connectivity index (χ3v) is 8.80. The molecule has 2 heterocycles. The number of ketones is 1. The number of hydrogen-bond acceptors (Lipinski definition) is 7. The van der Waals surface area contributed by atoms with Crippen molar-refractivity contribution in [2.75, 3.05) is 0 Å². The Morgan fingerprint density at radius 2 is 1.77 bits per heavy atom. The molecule has 8 nitrogen and oxygen atoms in total. The second-order valence-corrected chi connectivity index (χ2v) is 11.4. The minimum atomic E-state index is -3.92. The van der Waals surface area contributed by atoms with E-state index >= 15 is 0 Å². The first-order chi connectivity index (χ1) is 14.1. The fraction of sp³-hybridized carbons (Fsp3) is 0.250. The Balaban J connectivity index is 1.68. The molecule has 0 amide bonds. The Bertz CT molecular complexity index is 1340. The number of aromatic nitrogens is 3. The Hall–Kier alpha value is -2.85. The minimum Gasteiger partial charge on any atom is -0.293 e. The van der Waals surface area contributed by atoms with E-state index in [1.165, 1.54) is 18.2 Å². The molecule has 0 saturated carbocycles. The van der Waals surface area contributed by atoms with Crippen molar-refractivity contribution in [1.29, 1.82) is 0 Å². The second-order valence-electron chi connectivity index (χ2n) is 7.37. The second kappa shape index (κ2) is 7.13. The highest BCUT2D eigenvalue weighted by Gasteiger charge is 2.46. The molecular formula is C20H19N3O5S2.